The van der Waals surface area contributed by atoms with E-state index in [9.17, 15) is 9.59 Å². The van der Waals surface area contributed by atoms with Crippen LogP contribution in [-0.4, -0.2) is 63.1 Å². The van der Waals surface area contributed by atoms with Crippen LogP contribution in [0.1, 0.15) is 22.3 Å². The predicted molar refractivity (Wildman–Crippen MR) is 175 cm³/mol. The second kappa shape index (κ2) is 14.9. The van der Waals surface area contributed by atoms with Crippen LogP contribution in [0, 0.1) is 0 Å². The van der Waals surface area contributed by atoms with Gasteiger partial charge in [-0.1, -0.05) is 24.3 Å². The van der Waals surface area contributed by atoms with Crippen LogP contribution in [-0.2, 0) is 22.3 Å². The van der Waals surface area contributed by atoms with E-state index in [1.165, 1.54) is 11.1 Å². The van der Waals surface area contributed by atoms with Crippen LogP contribution in [0.25, 0.3) is 0 Å². The van der Waals surface area contributed by atoms with Crippen LogP contribution in [0.2, 0.25) is 0 Å². The van der Waals surface area contributed by atoms with Crippen molar-refractivity contribution in [3.05, 3.63) is 119 Å². The van der Waals surface area contributed by atoms with E-state index < -0.39 is 12.2 Å². The summed E-state index contributed by atoms with van der Waals surface area (Å²) in [5.74, 6) is 1.45. The summed E-state index contributed by atoms with van der Waals surface area (Å²) in [5.41, 5.74) is 6.21. The van der Waals surface area contributed by atoms with Gasteiger partial charge in [-0.25, -0.2) is 9.59 Å². The normalized spacial score (nSPS) is 17.5. The minimum absolute atomic E-state index is 0.127. The standard InChI is InChI=1S/C36H34N4O6/c41-35-39-31(23-45-35)21-43-33-15-7-27(8-16-33)19-37-29-11-3-25(4-12-29)1-2-26-5-13-30(14-6-26)38-20-28-9-17-34(18-10-28)44-22-32-24-46-36(42)40-32/h3-20,31-32H,1-2,21-24H2,(H,39,41)(H,40,42)/t31-,32+. The van der Waals surface area contributed by atoms with E-state index in [4.69, 9.17) is 18.9 Å². The first-order chi connectivity index (χ1) is 22.5. The highest BCUT2D eigenvalue weighted by atomic mass is 16.6. The molecule has 234 valence electrons. The Hall–Kier alpha value is -5.64. The monoisotopic (exact) mass is 618 g/mol. The smallest absolute Gasteiger partial charge is 0.407 e. The zero-order valence-electron chi connectivity index (χ0n) is 25.1. The van der Waals surface area contributed by atoms with Crippen molar-refractivity contribution < 1.29 is 28.5 Å². The van der Waals surface area contributed by atoms with Crippen molar-refractivity contribution in [2.75, 3.05) is 26.4 Å². The molecule has 2 saturated heterocycles. The van der Waals surface area contributed by atoms with Gasteiger partial charge in [-0.2, -0.15) is 0 Å². The van der Waals surface area contributed by atoms with E-state index in [2.05, 4.69) is 44.9 Å². The summed E-state index contributed by atoms with van der Waals surface area (Å²) in [7, 11) is 0. The number of aryl methyl sites for hydroxylation is 2. The second-order valence-corrected chi connectivity index (χ2v) is 11.0. The quantitative estimate of drug-likeness (QED) is 0.179. The van der Waals surface area contributed by atoms with Gasteiger partial charge < -0.3 is 29.6 Å². The number of hydrogen-bond donors (Lipinski definition) is 2. The minimum atomic E-state index is -0.403. The first-order valence-corrected chi connectivity index (χ1v) is 15.1. The molecule has 4 aromatic rings. The molecule has 0 spiro atoms. The van der Waals surface area contributed by atoms with Gasteiger partial charge in [-0.3, -0.25) is 9.98 Å². The number of nitrogens with one attached hydrogen (secondary N) is 2. The van der Waals surface area contributed by atoms with Gasteiger partial charge in [-0.15, -0.1) is 0 Å². The SMILES string of the molecule is O=C1N[C@@H](COc2ccc(C=Nc3ccc(CCc4ccc(N=Cc5ccc(OC[C@@H]6COC(=O)N6)cc5)cc4)cc3)cc2)CO1. The lowest BCUT2D eigenvalue weighted by molar-refractivity contribution is 0.173. The zero-order valence-corrected chi connectivity index (χ0v) is 25.1. The molecule has 2 fully saturated rings. The molecule has 10 heteroatoms. The number of carbonyl (C=O) groups is 2. The summed E-state index contributed by atoms with van der Waals surface area (Å²) < 4.78 is 21.2. The van der Waals surface area contributed by atoms with E-state index in [1.807, 2.05) is 85.2 Å². The number of hydrogen-bond acceptors (Lipinski definition) is 8. The van der Waals surface area contributed by atoms with Gasteiger partial charge in [0, 0.05) is 12.4 Å². The number of carbonyl (C=O) groups excluding carboxylic acids is 2. The second-order valence-electron chi connectivity index (χ2n) is 11.0. The topological polar surface area (TPSA) is 120 Å². The number of rotatable bonds is 13. The fraction of sp³-hybridized carbons (Fsp3) is 0.222. The molecule has 4 aromatic carbocycles. The van der Waals surface area contributed by atoms with E-state index in [0.29, 0.717) is 26.4 Å². The van der Waals surface area contributed by atoms with Gasteiger partial charge in [0.15, 0.2) is 0 Å². The van der Waals surface area contributed by atoms with E-state index in [1.54, 1.807) is 0 Å². The molecule has 46 heavy (non-hydrogen) atoms. The van der Waals surface area contributed by atoms with Crippen molar-refractivity contribution in [1.82, 2.24) is 10.6 Å². The van der Waals surface area contributed by atoms with Crippen LogP contribution in [0.4, 0.5) is 21.0 Å². The Labute approximate surface area is 267 Å². The predicted octanol–water partition coefficient (Wildman–Crippen LogP) is 5.95. The third-order valence-electron chi connectivity index (χ3n) is 7.44. The molecule has 0 radical (unpaired) electrons. The zero-order chi connectivity index (χ0) is 31.6. The number of ether oxygens (including phenoxy) is 4. The van der Waals surface area contributed by atoms with Crippen molar-refractivity contribution in [1.29, 1.82) is 0 Å². The lowest BCUT2D eigenvalue weighted by atomic mass is 10.0. The average Bonchev–Trinajstić information content (AvgIpc) is 3.72. The maximum Gasteiger partial charge on any atom is 0.407 e. The summed E-state index contributed by atoms with van der Waals surface area (Å²) in [6.45, 7) is 1.37. The van der Waals surface area contributed by atoms with Gasteiger partial charge in [-0.05, 0) is 108 Å². The van der Waals surface area contributed by atoms with Crippen LogP contribution < -0.4 is 20.1 Å². The lowest BCUT2D eigenvalue weighted by Crippen LogP contribution is -2.32. The lowest BCUT2D eigenvalue weighted by Gasteiger charge is -2.09. The summed E-state index contributed by atoms with van der Waals surface area (Å²) in [6, 6.07) is 31.6. The number of nitrogens with zero attached hydrogens (tertiary/aromatic N) is 2. The molecule has 0 aromatic heterocycles. The van der Waals surface area contributed by atoms with Crippen molar-refractivity contribution in [2.24, 2.45) is 9.98 Å². The number of amides is 2. The van der Waals surface area contributed by atoms with Crippen molar-refractivity contribution in [3.8, 4) is 11.5 Å². The molecule has 6 rings (SSSR count). The first kappa shape index (κ1) is 30.4. The molecule has 0 bridgehead atoms. The van der Waals surface area contributed by atoms with Crippen LogP contribution in [0.3, 0.4) is 0 Å². The number of benzene rings is 4. The van der Waals surface area contributed by atoms with Crippen molar-refractivity contribution >= 4 is 36.0 Å². The highest BCUT2D eigenvalue weighted by molar-refractivity contribution is 5.82. The first-order valence-electron chi connectivity index (χ1n) is 15.1. The molecular weight excluding hydrogens is 584 g/mol. The van der Waals surface area contributed by atoms with Crippen LogP contribution >= 0.6 is 0 Å². The fourth-order valence-corrected chi connectivity index (χ4v) is 4.81. The summed E-state index contributed by atoms with van der Waals surface area (Å²) in [4.78, 5) is 31.4. The fourth-order valence-electron chi connectivity index (χ4n) is 4.81. The molecule has 2 amide bonds. The molecule has 2 aliphatic heterocycles. The molecule has 2 N–H and O–H groups in total. The van der Waals surface area contributed by atoms with E-state index >= 15 is 0 Å². The Morgan fingerprint density at radius 1 is 0.587 bits per heavy atom. The average molecular weight is 619 g/mol. The summed E-state index contributed by atoms with van der Waals surface area (Å²) in [6.07, 6.45) is 4.71. The van der Waals surface area contributed by atoms with Gasteiger partial charge in [0.25, 0.3) is 0 Å². The minimum Gasteiger partial charge on any atom is -0.491 e. The summed E-state index contributed by atoms with van der Waals surface area (Å²) in [5, 5.41) is 5.38. The van der Waals surface area contributed by atoms with Crippen LogP contribution in [0.5, 0.6) is 11.5 Å². The van der Waals surface area contributed by atoms with E-state index in [0.717, 1.165) is 46.8 Å². The Bertz CT molecular complexity index is 1540. The summed E-state index contributed by atoms with van der Waals surface area (Å²) >= 11 is 0. The van der Waals surface area contributed by atoms with E-state index in [-0.39, 0.29) is 12.1 Å². The molecule has 0 unspecified atom stereocenters. The highest BCUT2D eigenvalue weighted by Crippen LogP contribution is 2.19. The molecule has 10 nitrogen and oxygen atoms in total. The number of alkyl carbamates (subject to hydrolysis) is 2. The number of cyclic esters (lactones) is 2. The third-order valence-corrected chi connectivity index (χ3v) is 7.44. The molecule has 2 heterocycles. The highest BCUT2D eigenvalue weighted by Gasteiger charge is 2.23. The van der Waals surface area contributed by atoms with Crippen LogP contribution in [0.15, 0.2) is 107 Å². The maximum absolute atomic E-state index is 11.1. The molecular formula is C36H34N4O6. The Morgan fingerprint density at radius 3 is 1.33 bits per heavy atom. The Morgan fingerprint density at radius 2 is 0.978 bits per heavy atom. The number of aliphatic imine (C=N–C) groups is 2. The van der Waals surface area contributed by atoms with Gasteiger partial charge in [0.05, 0.1) is 11.4 Å². The Kier molecular flexibility index (Phi) is 9.84. The largest absolute Gasteiger partial charge is 0.491 e. The maximum atomic E-state index is 11.1. The Balaban J connectivity index is 0.916. The third kappa shape index (κ3) is 8.95. The van der Waals surface area contributed by atoms with Gasteiger partial charge >= 0.3 is 12.2 Å². The molecule has 2 atom stereocenters. The van der Waals surface area contributed by atoms with Crippen molar-refractivity contribution in [3.63, 3.8) is 0 Å². The molecule has 0 aliphatic carbocycles. The van der Waals surface area contributed by atoms with Gasteiger partial charge in [0.1, 0.15) is 50.0 Å². The molecule has 0 saturated carbocycles. The molecule has 2 aliphatic rings. The van der Waals surface area contributed by atoms with Gasteiger partial charge in [0.2, 0.25) is 0 Å². The van der Waals surface area contributed by atoms with Crippen molar-refractivity contribution in [2.45, 2.75) is 24.9 Å².